The zero-order valence-electron chi connectivity index (χ0n) is 16.3. The second-order valence-electron chi connectivity index (χ2n) is 7.39. The van der Waals surface area contributed by atoms with Gasteiger partial charge in [0.1, 0.15) is 17.5 Å². The molecule has 1 aliphatic carbocycles. The van der Waals surface area contributed by atoms with Gasteiger partial charge in [0.25, 0.3) is 0 Å². The molecule has 1 fully saturated rings. The number of alkyl halides is 4. The van der Waals surface area contributed by atoms with E-state index in [0.29, 0.717) is 58.6 Å². The molecule has 160 valence electrons. The molecule has 6 nitrogen and oxygen atoms in total. The molecule has 2 heterocycles. The fourth-order valence-corrected chi connectivity index (χ4v) is 3.97. The Hall–Kier alpha value is -3.48. The lowest BCUT2D eigenvalue weighted by Gasteiger charge is -2.16. The number of rotatable bonds is 4. The van der Waals surface area contributed by atoms with Gasteiger partial charge in [0, 0.05) is 23.8 Å². The molecule has 0 amide bonds. The average molecular weight is 430 g/mol. The van der Waals surface area contributed by atoms with E-state index in [9.17, 15) is 22.8 Å². The normalized spacial score (nSPS) is 20.2. The van der Waals surface area contributed by atoms with E-state index < -0.39 is 17.9 Å². The minimum Gasteiger partial charge on any atom is -0.404 e. The first kappa shape index (κ1) is 20.8. The summed E-state index contributed by atoms with van der Waals surface area (Å²) >= 11 is 0. The quantitative estimate of drug-likeness (QED) is 0.487. The smallest absolute Gasteiger partial charge is 0.404 e. The van der Waals surface area contributed by atoms with Gasteiger partial charge in [-0.1, -0.05) is 0 Å². The number of nitriles is 1. The summed E-state index contributed by atoms with van der Waals surface area (Å²) < 4.78 is 54.5. The van der Waals surface area contributed by atoms with Crippen molar-refractivity contribution in [3.63, 3.8) is 0 Å². The lowest BCUT2D eigenvalue weighted by atomic mass is 10.1. The van der Waals surface area contributed by atoms with Gasteiger partial charge in [-0.05, 0) is 37.5 Å². The van der Waals surface area contributed by atoms with Crippen LogP contribution in [0.2, 0.25) is 0 Å². The first-order chi connectivity index (χ1) is 14.8. The molecule has 0 spiro atoms. The lowest BCUT2D eigenvalue weighted by molar-refractivity contribution is -0.0857. The third kappa shape index (κ3) is 3.95. The molecular weight excluding hydrogens is 412 g/mol. The highest BCUT2D eigenvalue weighted by Crippen LogP contribution is 2.37. The Morgan fingerprint density at radius 2 is 2.13 bits per heavy atom. The highest BCUT2D eigenvalue weighted by molar-refractivity contribution is 6.03. The Morgan fingerprint density at radius 1 is 1.32 bits per heavy atom. The summed E-state index contributed by atoms with van der Waals surface area (Å²) in [6.07, 6.45) is -1.64. The van der Waals surface area contributed by atoms with Gasteiger partial charge in [-0.2, -0.15) is 18.4 Å². The van der Waals surface area contributed by atoms with E-state index in [1.807, 2.05) is 4.57 Å². The number of aromatic nitrogens is 3. The van der Waals surface area contributed by atoms with Crippen molar-refractivity contribution in [3.05, 3.63) is 47.6 Å². The number of nitrogens with zero attached hydrogens (tertiary/aromatic N) is 5. The Bertz CT molecular complexity index is 1230. The van der Waals surface area contributed by atoms with Gasteiger partial charge in [-0.3, -0.25) is 9.98 Å². The lowest BCUT2D eigenvalue weighted by Crippen LogP contribution is -2.15. The molecule has 10 heteroatoms. The van der Waals surface area contributed by atoms with E-state index in [4.69, 9.17) is 5.73 Å². The van der Waals surface area contributed by atoms with E-state index in [0.717, 1.165) is 0 Å². The van der Waals surface area contributed by atoms with Crippen LogP contribution in [-0.2, 0) is 6.54 Å². The monoisotopic (exact) mass is 430 g/mol. The zero-order valence-corrected chi connectivity index (χ0v) is 16.3. The molecule has 3 aromatic rings. The number of hydrogen-bond acceptors (Lipinski definition) is 5. The van der Waals surface area contributed by atoms with Crippen LogP contribution in [0.4, 0.5) is 17.6 Å². The predicted molar refractivity (Wildman–Crippen MR) is 108 cm³/mol. The second-order valence-corrected chi connectivity index (χ2v) is 7.39. The fraction of sp³-hybridized carbons (Fsp3) is 0.333. The van der Waals surface area contributed by atoms with Crippen LogP contribution in [0.3, 0.4) is 0 Å². The van der Waals surface area contributed by atoms with Crippen molar-refractivity contribution in [3.8, 4) is 6.07 Å². The number of hydrogen-bond donors (Lipinski definition) is 1. The number of allylic oxidation sites excluding steroid dienone is 1. The number of pyridine rings is 1. The van der Waals surface area contributed by atoms with Gasteiger partial charge in [-0.25, -0.2) is 9.37 Å². The maximum absolute atomic E-state index is 14.0. The predicted octanol–water partition coefficient (Wildman–Crippen LogP) is 4.49. The number of halogens is 4. The van der Waals surface area contributed by atoms with Crippen LogP contribution in [0, 0.1) is 11.3 Å². The van der Waals surface area contributed by atoms with Crippen molar-refractivity contribution < 1.29 is 17.6 Å². The Balaban J connectivity index is 1.85. The minimum absolute atomic E-state index is 0.144. The Labute approximate surface area is 174 Å². The third-order valence-electron chi connectivity index (χ3n) is 5.39. The molecule has 0 aliphatic heterocycles. The van der Waals surface area contributed by atoms with Crippen molar-refractivity contribution in [1.82, 2.24) is 14.5 Å². The van der Waals surface area contributed by atoms with Crippen LogP contribution in [0.1, 0.15) is 36.7 Å². The molecule has 0 saturated heterocycles. The minimum atomic E-state index is -4.61. The molecule has 1 aliphatic rings. The molecule has 2 unspecified atom stereocenters. The van der Waals surface area contributed by atoms with Crippen LogP contribution >= 0.6 is 0 Å². The number of imidazole rings is 1. The highest BCUT2D eigenvalue weighted by atomic mass is 19.4. The summed E-state index contributed by atoms with van der Waals surface area (Å²) in [7, 11) is 0. The maximum atomic E-state index is 14.0. The molecule has 4 rings (SSSR count). The molecule has 0 bridgehead atoms. The average Bonchev–Trinajstić information content (AvgIpc) is 3.32. The van der Waals surface area contributed by atoms with Gasteiger partial charge in [0.15, 0.2) is 0 Å². The fourth-order valence-electron chi connectivity index (χ4n) is 3.97. The molecule has 1 saturated carbocycles. The molecule has 2 atom stereocenters. The van der Waals surface area contributed by atoms with Gasteiger partial charge in [-0.15, -0.1) is 0 Å². The van der Waals surface area contributed by atoms with Crippen molar-refractivity contribution in [2.75, 3.05) is 0 Å². The summed E-state index contributed by atoms with van der Waals surface area (Å²) in [5, 5.41) is 9.96. The van der Waals surface area contributed by atoms with Crippen LogP contribution in [-0.4, -0.2) is 33.1 Å². The summed E-state index contributed by atoms with van der Waals surface area (Å²) in [6, 6.07) is 6.94. The molecule has 2 aromatic heterocycles. The van der Waals surface area contributed by atoms with E-state index in [2.05, 4.69) is 21.0 Å². The first-order valence-corrected chi connectivity index (χ1v) is 9.64. The van der Waals surface area contributed by atoms with Gasteiger partial charge in [0.05, 0.1) is 41.0 Å². The van der Waals surface area contributed by atoms with Crippen molar-refractivity contribution in [2.24, 2.45) is 10.7 Å². The van der Waals surface area contributed by atoms with Crippen LogP contribution in [0.5, 0.6) is 0 Å². The highest BCUT2D eigenvalue weighted by Gasteiger charge is 2.32. The summed E-state index contributed by atoms with van der Waals surface area (Å²) in [4.78, 5) is 12.8. The second kappa shape index (κ2) is 7.98. The van der Waals surface area contributed by atoms with Crippen LogP contribution in [0.25, 0.3) is 21.9 Å². The van der Waals surface area contributed by atoms with E-state index in [1.54, 1.807) is 24.4 Å². The zero-order chi connectivity index (χ0) is 22.2. The SMILES string of the molecule is N#Cc1ccc2ncc3nc(CN=CC(=CN)C(F)(F)F)n(C4CCC(F)C4)c3c2c1. The molecule has 1 aromatic carbocycles. The Kier molecular flexibility index (Phi) is 5.35. The summed E-state index contributed by atoms with van der Waals surface area (Å²) in [5.74, 6) is 0.403. The molecule has 31 heavy (non-hydrogen) atoms. The maximum Gasteiger partial charge on any atom is 0.419 e. The Morgan fingerprint density at radius 3 is 2.77 bits per heavy atom. The first-order valence-electron chi connectivity index (χ1n) is 9.64. The van der Waals surface area contributed by atoms with E-state index in [1.165, 1.54) is 0 Å². The van der Waals surface area contributed by atoms with E-state index >= 15 is 0 Å². The van der Waals surface area contributed by atoms with Gasteiger partial charge >= 0.3 is 6.18 Å². The molecule has 0 radical (unpaired) electrons. The third-order valence-corrected chi connectivity index (χ3v) is 5.39. The topological polar surface area (TPSA) is 92.9 Å². The van der Waals surface area contributed by atoms with E-state index in [-0.39, 0.29) is 19.0 Å². The van der Waals surface area contributed by atoms with Gasteiger partial charge < -0.3 is 10.3 Å². The number of fused-ring (bicyclic) bond motifs is 3. The number of nitrogens with two attached hydrogens (primary N) is 1. The van der Waals surface area contributed by atoms with Crippen molar-refractivity contribution in [1.29, 1.82) is 5.26 Å². The standard InChI is InChI=1S/C21H18F4N6/c22-14-2-3-15(6-14)31-19(11-28-9-13(8-27)21(23,24)25)30-18-10-29-17-4-1-12(7-26)5-16(17)20(18)31/h1,4-5,8-10,14-15H,2-3,6,11,27H2. The molecular formula is C21H18F4N6. The van der Waals surface area contributed by atoms with Crippen LogP contribution < -0.4 is 5.73 Å². The largest absolute Gasteiger partial charge is 0.419 e. The summed E-state index contributed by atoms with van der Waals surface area (Å²) in [6.45, 7) is -0.144. The molecule has 2 N–H and O–H groups in total. The number of benzene rings is 1. The van der Waals surface area contributed by atoms with Crippen LogP contribution in [0.15, 0.2) is 41.2 Å². The summed E-state index contributed by atoms with van der Waals surface area (Å²) in [5.41, 5.74) is 6.27. The van der Waals surface area contributed by atoms with Gasteiger partial charge in [0.2, 0.25) is 0 Å². The van der Waals surface area contributed by atoms with Crippen molar-refractivity contribution >= 4 is 28.2 Å². The van der Waals surface area contributed by atoms with Crippen molar-refractivity contribution in [2.45, 2.75) is 44.2 Å². The number of aliphatic imine (C=N–C) groups is 1.